The highest BCUT2D eigenvalue weighted by Gasteiger charge is 2.07. The van der Waals surface area contributed by atoms with Crippen molar-refractivity contribution in [3.63, 3.8) is 0 Å². The summed E-state index contributed by atoms with van der Waals surface area (Å²) in [6.07, 6.45) is 0. The summed E-state index contributed by atoms with van der Waals surface area (Å²) in [5.41, 5.74) is 0.849. The van der Waals surface area contributed by atoms with Crippen LogP contribution in [-0.4, -0.2) is 6.04 Å². The van der Waals surface area contributed by atoms with Gasteiger partial charge >= 0.3 is 0 Å². The molecule has 14 heavy (non-hydrogen) atoms. The van der Waals surface area contributed by atoms with Gasteiger partial charge in [0.1, 0.15) is 5.82 Å². The highest BCUT2D eigenvalue weighted by molar-refractivity contribution is 5.38. The molecular formula is C11H13FN2. The quantitative estimate of drug-likeness (QED) is 0.796. The van der Waals surface area contributed by atoms with Crippen LogP contribution in [0.3, 0.4) is 0 Å². The van der Waals surface area contributed by atoms with E-state index in [4.69, 9.17) is 5.26 Å². The van der Waals surface area contributed by atoms with Crippen molar-refractivity contribution in [1.29, 1.82) is 5.26 Å². The van der Waals surface area contributed by atoms with Crippen LogP contribution in [0.5, 0.6) is 0 Å². The first kappa shape index (κ1) is 10.7. The fourth-order valence-electron chi connectivity index (χ4n) is 1.15. The summed E-state index contributed by atoms with van der Waals surface area (Å²) < 4.78 is 13.3. The topological polar surface area (TPSA) is 35.8 Å². The van der Waals surface area contributed by atoms with Gasteiger partial charge in [0.2, 0.25) is 0 Å². The van der Waals surface area contributed by atoms with Gasteiger partial charge in [-0.15, -0.1) is 0 Å². The molecule has 0 atom stereocenters. The molecule has 74 valence electrons. The van der Waals surface area contributed by atoms with Gasteiger partial charge in [0.15, 0.2) is 0 Å². The lowest BCUT2D eigenvalue weighted by Gasteiger charge is -2.09. The number of benzene rings is 1. The van der Waals surface area contributed by atoms with Crippen LogP contribution >= 0.6 is 0 Å². The predicted octanol–water partition coefficient (Wildman–Crippen LogP) is 2.20. The molecule has 0 aromatic heterocycles. The van der Waals surface area contributed by atoms with Gasteiger partial charge in [-0.3, -0.25) is 0 Å². The van der Waals surface area contributed by atoms with Crippen LogP contribution in [0, 0.1) is 17.1 Å². The molecule has 0 unspecified atom stereocenters. The van der Waals surface area contributed by atoms with Gasteiger partial charge in [-0.1, -0.05) is 19.9 Å². The van der Waals surface area contributed by atoms with E-state index in [2.05, 4.69) is 5.32 Å². The van der Waals surface area contributed by atoms with Crippen LogP contribution in [0.1, 0.15) is 25.0 Å². The molecule has 1 rings (SSSR count). The molecule has 0 spiro atoms. The Balaban J connectivity index is 2.89. The zero-order valence-electron chi connectivity index (χ0n) is 8.34. The SMILES string of the molecule is CC(C)NCc1c(F)cccc1C#N. The lowest BCUT2D eigenvalue weighted by atomic mass is 10.1. The number of rotatable bonds is 3. The van der Waals surface area contributed by atoms with Crippen LogP contribution in [-0.2, 0) is 6.54 Å². The minimum atomic E-state index is -0.322. The Kier molecular flexibility index (Phi) is 3.61. The zero-order valence-corrected chi connectivity index (χ0v) is 8.34. The molecule has 3 heteroatoms. The smallest absolute Gasteiger partial charge is 0.129 e. The fourth-order valence-corrected chi connectivity index (χ4v) is 1.15. The van der Waals surface area contributed by atoms with Crippen molar-refractivity contribution in [3.05, 3.63) is 35.1 Å². The molecule has 0 bridgehead atoms. The van der Waals surface area contributed by atoms with Gasteiger partial charge in [-0.25, -0.2) is 4.39 Å². The Bertz CT molecular complexity index is 353. The number of nitriles is 1. The van der Waals surface area contributed by atoms with Crippen molar-refractivity contribution in [2.75, 3.05) is 0 Å². The molecule has 1 aromatic carbocycles. The van der Waals surface area contributed by atoms with Crippen molar-refractivity contribution in [2.45, 2.75) is 26.4 Å². The molecule has 1 N–H and O–H groups in total. The van der Waals surface area contributed by atoms with E-state index in [1.165, 1.54) is 6.07 Å². The van der Waals surface area contributed by atoms with Crippen LogP contribution < -0.4 is 5.32 Å². The van der Waals surface area contributed by atoms with E-state index >= 15 is 0 Å². The number of nitrogens with one attached hydrogen (secondary N) is 1. The summed E-state index contributed by atoms with van der Waals surface area (Å²) in [6, 6.07) is 6.81. The molecule has 2 nitrogen and oxygen atoms in total. The van der Waals surface area contributed by atoms with E-state index in [0.717, 1.165) is 0 Å². The van der Waals surface area contributed by atoms with E-state index in [1.54, 1.807) is 12.1 Å². The van der Waals surface area contributed by atoms with Crippen molar-refractivity contribution in [1.82, 2.24) is 5.32 Å². The lowest BCUT2D eigenvalue weighted by Crippen LogP contribution is -2.23. The summed E-state index contributed by atoms with van der Waals surface area (Å²) in [4.78, 5) is 0. The minimum Gasteiger partial charge on any atom is -0.310 e. The monoisotopic (exact) mass is 192 g/mol. The minimum absolute atomic E-state index is 0.279. The van der Waals surface area contributed by atoms with Crippen LogP contribution in [0.25, 0.3) is 0 Å². The first-order valence-corrected chi connectivity index (χ1v) is 4.56. The van der Waals surface area contributed by atoms with Gasteiger partial charge < -0.3 is 5.32 Å². The van der Waals surface area contributed by atoms with Crippen LogP contribution in [0.2, 0.25) is 0 Å². The third-order valence-corrected chi connectivity index (χ3v) is 1.93. The summed E-state index contributed by atoms with van der Waals surface area (Å²) in [5.74, 6) is -0.322. The molecule has 0 saturated carbocycles. The van der Waals surface area contributed by atoms with Gasteiger partial charge in [0.25, 0.3) is 0 Å². The molecule has 0 aliphatic heterocycles. The second kappa shape index (κ2) is 4.73. The summed E-state index contributed by atoms with van der Waals surface area (Å²) in [7, 11) is 0. The zero-order chi connectivity index (χ0) is 10.6. The van der Waals surface area contributed by atoms with E-state index in [-0.39, 0.29) is 11.9 Å². The third kappa shape index (κ3) is 2.54. The van der Waals surface area contributed by atoms with E-state index in [0.29, 0.717) is 17.7 Å². The maximum absolute atomic E-state index is 13.3. The van der Waals surface area contributed by atoms with E-state index in [9.17, 15) is 4.39 Å². The highest BCUT2D eigenvalue weighted by Crippen LogP contribution is 2.12. The second-order valence-electron chi connectivity index (χ2n) is 3.41. The normalized spacial score (nSPS) is 10.2. The van der Waals surface area contributed by atoms with Crippen LogP contribution in [0.15, 0.2) is 18.2 Å². The van der Waals surface area contributed by atoms with Crippen molar-refractivity contribution in [2.24, 2.45) is 0 Å². The Labute approximate surface area is 83.4 Å². The molecule has 0 aliphatic carbocycles. The molecule has 0 heterocycles. The molecule has 0 amide bonds. The largest absolute Gasteiger partial charge is 0.310 e. The summed E-state index contributed by atoms with van der Waals surface area (Å²) in [5, 5.41) is 11.8. The van der Waals surface area contributed by atoms with Gasteiger partial charge in [0, 0.05) is 18.2 Å². The van der Waals surface area contributed by atoms with Gasteiger partial charge in [-0.05, 0) is 12.1 Å². The van der Waals surface area contributed by atoms with E-state index in [1.807, 2.05) is 19.9 Å². The molecule has 0 saturated heterocycles. The molecule has 0 aliphatic rings. The summed E-state index contributed by atoms with van der Waals surface area (Å²) in [6.45, 7) is 4.35. The number of hydrogen-bond acceptors (Lipinski definition) is 2. The first-order chi connectivity index (χ1) is 6.65. The Morgan fingerprint density at radius 3 is 2.79 bits per heavy atom. The first-order valence-electron chi connectivity index (χ1n) is 4.56. The van der Waals surface area contributed by atoms with Gasteiger partial charge in [0.05, 0.1) is 11.6 Å². The maximum atomic E-state index is 13.3. The summed E-state index contributed by atoms with van der Waals surface area (Å²) >= 11 is 0. The fraction of sp³-hybridized carbons (Fsp3) is 0.364. The van der Waals surface area contributed by atoms with E-state index < -0.39 is 0 Å². The van der Waals surface area contributed by atoms with Gasteiger partial charge in [-0.2, -0.15) is 5.26 Å². The predicted molar refractivity (Wildman–Crippen MR) is 53.1 cm³/mol. The van der Waals surface area contributed by atoms with Crippen LogP contribution in [0.4, 0.5) is 4.39 Å². The number of halogens is 1. The Morgan fingerprint density at radius 2 is 2.21 bits per heavy atom. The average molecular weight is 192 g/mol. The molecular weight excluding hydrogens is 179 g/mol. The lowest BCUT2D eigenvalue weighted by molar-refractivity contribution is 0.552. The number of hydrogen-bond donors (Lipinski definition) is 1. The highest BCUT2D eigenvalue weighted by atomic mass is 19.1. The van der Waals surface area contributed by atoms with Crippen molar-refractivity contribution in [3.8, 4) is 6.07 Å². The maximum Gasteiger partial charge on any atom is 0.129 e. The molecule has 1 aromatic rings. The second-order valence-corrected chi connectivity index (χ2v) is 3.41. The number of nitrogens with zero attached hydrogens (tertiary/aromatic N) is 1. The Hall–Kier alpha value is -1.40. The standard InChI is InChI=1S/C11H13FN2/c1-8(2)14-7-10-9(6-13)4-3-5-11(10)12/h3-5,8,14H,7H2,1-2H3. The third-order valence-electron chi connectivity index (χ3n) is 1.93. The molecule has 0 radical (unpaired) electrons. The van der Waals surface area contributed by atoms with Crippen molar-refractivity contribution >= 4 is 0 Å². The molecule has 0 fully saturated rings. The van der Waals surface area contributed by atoms with Crippen molar-refractivity contribution < 1.29 is 4.39 Å². The average Bonchev–Trinajstić information content (AvgIpc) is 2.15. The Morgan fingerprint density at radius 1 is 1.50 bits per heavy atom.